The lowest BCUT2D eigenvalue weighted by Crippen LogP contribution is -2.47. The zero-order valence-corrected chi connectivity index (χ0v) is 15.1. The Morgan fingerprint density at radius 2 is 2.04 bits per heavy atom. The second-order valence-electron chi connectivity index (χ2n) is 6.30. The number of anilines is 3. The van der Waals surface area contributed by atoms with Crippen LogP contribution in [0.5, 0.6) is 6.01 Å². The molecule has 3 aromatic rings. The summed E-state index contributed by atoms with van der Waals surface area (Å²) in [5.41, 5.74) is 1.83. The number of β-amino-alcohol motifs (C(OH)–C–C–N with tert-alkyl or cyclic N) is 1. The monoisotopic (exact) mass is 370 g/mol. The van der Waals surface area contributed by atoms with Crippen LogP contribution in [0.25, 0.3) is 10.9 Å². The predicted octanol–water partition coefficient (Wildman–Crippen LogP) is 0.614. The molecule has 0 atom stereocenters. The van der Waals surface area contributed by atoms with Crippen molar-refractivity contribution in [3.63, 3.8) is 0 Å². The van der Waals surface area contributed by atoms with E-state index in [-0.39, 0.29) is 12.6 Å². The van der Waals surface area contributed by atoms with E-state index in [1.54, 1.807) is 13.3 Å². The molecular weight excluding hydrogens is 348 g/mol. The number of hydrogen-bond donors (Lipinski definition) is 3. The number of methoxy groups -OCH3 is 1. The van der Waals surface area contributed by atoms with Crippen molar-refractivity contribution in [2.45, 2.75) is 0 Å². The van der Waals surface area contributed by atoms with E-state index in [0.717, 1.165) is 42.8 Å². The van der Waals surface area contributed by atoms with Gasteiger partial charge in [-0.05, 0) is 18.2 Å². The van der Waals surface area contributed by atoms with Gasteiger partial charge in [-0.2, -0.15) is 20.1 Å². The van der Waals surface area contributed by atoms with E-state index in [9.17, 15) is 0 Å². The Morgan fingerprint density at radius 1 is 1.19 bits per heavy atom. The van der Waals surface area contributed by atoms with Gasteiger partial charge in [0.15, 0.2) is 0 Å². The second-order valence-corrected chi connectivity index (χ2v) is 6.30. The van der Waals surface area contributed by atoms with E-state index in [1.165, 1.54) is 0 Å². The number of H-pyrrole nitrogens is 1. The number of rotatable bonds is 6. The molecule has 10 nitrogen and oxygen atoms in total. The van der Waals surface area contributed by atoms with E-state index >= 15 is 0 Å². The van der Waals surface area contributed by atoms with E-state index in [0.29, 0.717) is 18.4 Å². The Balaban J connectivity index is 1.53. The van der Waals surface area contributed by atoms with Crippen LogP contribution in [0.2, 0.25) is 0 Å². The summed E-state index contributed by atoms with van der Waals surface area (Å²) in [6.07, 6.45) is 1.77. The summed E-state index contributed by atoms with van der Waals surface area (Å²) < 4.78 is 5.25. The number of piperazine rings is 1. The summed E-state index contributed by atoms with van der Waals surface area (Å²) >= 11 is 0. The van der Waals surface area contributed by atoms with Crippen LogP contribution in [0.3, 0.4) is 0 Å². The molecule has 0 radical (unpaired) electrons. The maximum atomic E-state index is 9.08. The van der Waals surface area contributed by atoms with Crippen molar-refractivity contribution in [1.82, 2.24) is 30.0 Å². The fourth-order valence-electron chi connectivity index (χ4n) is 3.10. The fraction of sp³-hybridized carbons (Fsp3) is 0.412. The highest BCUT2D eigenvalue weighted by Gasteiger charge is 2.20. The Kier molecular flexibility index (Phi) is 4.99. The molecule has 10 heteroatoms. The number of aliphatic hydroxyl groups excluding tert-OH is 1. The minimum atomic E-state index is 0.175. The van der Waals surface area contributed by atoms with Crippen LogP contribution in [0, 0.1) is 0 Å². The quantitative estimate of drug-likeness (QED) is 0.574. The number of aliphatic hydroxyl groups is 1. The van der Waals surface area contributed by atoms with Gasteiger partial charge in [0.05, 0.1) is 25.4 Å². The van der Waals surface area contributed by atoms with Gasteiger partial charge in [0, 0.05) is 43.8 Å². The van der Waals surface area contributed by atoms with Crippen molar-refractivity contribution in [3.05, 3.63) is 24.4 Å². The summed E-state index contributed by atoms with van der Waals surface area (Å²) in [7, 11) is 1.54. The molecular formula is C17H22N8O2. The molecule has 1 fully saturated rings. The van der Waals surface area contributed by atoms with Gasteiger partial charge in [-0.25, -0.2) is 0 Å². The number of aromatic amines is 1. The van der Waals surface area contributed by atoms with E-state index in [2.05, 4.69) is 40.3 Å². The van der Waals surface area contributed by atoms with Crippen molar-refractivity contribution in [2.75, 3.05) is 56.7 Å². The van der Waals surface area contributed by atoms with Gasteiger partial charge < -0.3 is 20.1 Å². The molecule has 142 valence electrons. The van der Waals surface area contributed by atoms with Gasteiger partial charge in [0.25, 0.3) is 0 Å². The Morgan fingerprint density at radius 3 is 2.81 bits per heavy atom. The lowest BCUT2D eigenvalue weighted by Gasteiger charge is -2.34. The number of benzene rings is 1. The first-order valence-electron chi connectivity index (χ1n) is 8.83. The first-order chi connectivity index (χ1) is 13.2. The second kappa shape index (κ2) is 7.72. The molecule has 0 bridgehead atoms. The molecule has 0 aliphatic carbocycles. The summed E-state index contributed by atoms with van der Waals surface area (Å²) in [4.78, 5) is 17.6. The van der Waals surface area contributed by atoms with Crippen LogP contribution in [0.1, 0.15) is 0 Å². The number of ether oxygens (including phenoxy) is 1. The van der Waals surface area contributed by atoms with Crippen molar-refractivity contribution < 1.29 is 9.84 Å². The highest BCUT2D eigenvalue weighted by atomic mass is 16.5. The van der Waals surface area contributed by atoms with Gasteiger partial charge >= 0.3 is 6.01 Å². The number of aromatic nitrogens is 5. The standard InChI is InChI=1S/C17H22N8O2/c1-27-17-21-15(19-13-2-3-14-12(10-13)11-18-23-14)20-16(22-17)25-6-4-24(5-7-25)8-9-26/h2-3,10-11,26H,4-9H2,1H3,(H,18,23)(H,19,20,21,22). The average Bonchev–Trinajstić information content (AvgIpc) is 3.16. The zero-order chi connectivity index (χ0) is 18.6. The normalized spacial score (nSPS) is 15.3. The smallest absolute Gasteiger partial charge is 0.322 e. The predicted molar refractivity (Wildman–Crippen MR) is 101 cm³/mol. The zero-order valence-electron chi connectivity index (χ0n) is 15.1. The summed E-state index contributed by atoms with van der Waals surface area (Å²) in [5.74, 6) is 1.01. The molecule has 0 unspecified atom stereocenters. The lowest BCUT2D eigenvalue weighted by molar-refractivity contribution is 0.188. The number of nitrogens with zero attached hydrogens (tertiary/aromatic N) is 6. The number of hydrogen-bond acceptors (Lipinski definition) is 9. The fourth-order valence-corrected chi connectivity index (χ4v) is 3.10. The lowest BCUT2D eigenvalue weighted by atomic mass is 10.2. The summed E-state index contributed by atoms with van der Waals surface area (Å²) in [6.45, 7) is 4.15. The minimum absolute atomic E-state index is 0.175. The Hall–Kier alpha value is -2.98. The molecule has 1 aliphatic rings. The molecule has 2 aromatic heterocycles. The first kappa shape index (κ1) is 17.4. The molecule has 1 aromatic carbocycles. The van der Waals surface area contributed by atoms with Crippen LogP contribution in [-0.2, 0) is 0 Å². The molecule has 1 saturated heterocycles. The molecule has 0 saturated carbocycles. The maximum Gasteiger partial charge on any atom is 0.322 e. The van der Waals surface area contributed by atoms with E-state index < -0.39 is 0 Å². The third kappa shape index (κ3) is 3.91. The van der Waals surface area contributed by atoms with Gasteiger partial charge in [0.1, 0.15) is 0 Å². The van der Waals surface area contributed by atoms with Gasteiger partial charge in [-0.1, -0.05) is 0 Å². The third-order valence-corrected chi connectivity index (χ3v) is 4.55. The molecule has 3 heterocycles. The van der Waals surface area contributed by atoms with Gasteiger partial charge in [-0.15, -0.1) is 0 Å². The first-order valence-corrected chi connectivity index (χ1v) is 8.83. The van der Waals surface area contributed by atoms with Crippen molar-refractivity contribution in [1.29, 1.82) is 0 Å². The number of fused-ring (bicyclic) bond motifs is 1. The van der Waals surface area contributed by atoms with Gasteiger partial charge in [-0.3, -0.25) is 10.00 Å². The third-order valence-electron chi connectivity index (χ3n) is 4.55. The molecule has 0 amide bonds. The van der Waals surface area contributed by atoms with Crippen molar-refractivity contribution >= 4 is 28.5 Å². The minimum Gasteiger partial charge on any atom is -0.467 e. The molecule has 3 N–H and O–H groups in total. The van der Waals surface area contributed by atoms with Crippen LogP contribution in [0.4, 0.5) is 17.6 Å². The summed E-state index contributed by atoms with van der Waals surface area (Å²) in [6, 6.07) is 6.13. The highest BCUT2D eigenvalue weighted by Crippen LogP contribution is 2.22. The topological polar surface area (TPSA) is 115 Å². The van der Waals surface area contributed by atoms with Crippen molar-refractivity contribution in [2.24, 2.45) is 0 Å². The Bertz CT molecular complexity index is 907. The van der Waals surface area contributed by atoms with E-state index in [4.69, 9.17) is 9.84 Å². The molecule has 27 heavy (non-hydrogen) atoms. The summed E-state index contributed by atoms with van der Waals surface area (Å²) in [5, 5.41) is 20.3. The maximum absolute atomic E-state index is 9.08. The van der Waals surface area contributed by atoms with Gasteiger partial charge in [0.2, 0.25) is 11.9 Å². The number of nitrogens with one attached hydrogen (secondary N) is 2. The van der Waals surface area contributed by atoms with Crippen LogP contribution in [-0.4, -0.2) is 81.6 Å². The average molecular weight is 370 g/mol. The molecule has 0 spiro atoms. The Labute approximate surface area is 156 Å². The van der Waals surface area contributed by atoms with Crippen molar-refractivity contribution in [3.8, 4) is 6.01 Å². The van der Waals surface area contributed by atoms with Crippen LogP contribution in [0.15, 0.2) is 24.4 Å². The highest BCUT2D eigenvalue weighted by molar-refractivity contribution is 5.82. The largest absolute Gasteiger partial charge is 0.467 e. The van der Waals surface area contributed by atoms with Crippen LogP contribution >= 0.6 is 0 Å². The molecule has 1 aliphatic heterocycles. The van der Waals surface area contributed by atoms with E-state index in [1.807, 2.05) is 18.2 Å². The van der Waals surface area contributed by atoms with Crippen LogP contribution < -0.4 is 15.0 Å². The molecule has 4 rings (SSSR count). The SMILES string of the molecule is COc1nc(Nc2ccc3[nH]ncc3c2)nc(N2CCN(CCO)CC2)n1.